The molecule has 0 spiro atoms. The average molecular weight is 376 g/mol. The smallest absolute Gasteiger partial charge is 0.249 e. The zero-order chi connectivity index (χ0) is 18.9. The second-order valence-electron chi connectivity index (χ2n) is 7.30. The normalized spacial score (nSPS) is 21.6. The standard InChI is InChI=1S/C19H22F2N4O2/c20-19(21)9-15(10-19)18(26)24-11-16-3-7-23-25(16)17(12-24)4-8-27-13-14-1-5-22-6-2-14/h1-3,5-7,15,17H,4,8-13H2/t17-/m0/s1. The summed E-state index contributed by atoms with van der Waals surface area (Å²) < 4.78 is 33.9. The molecule has 1 aliphatic carbocycles. The maximum atomic E-state index is 13.1. The van der Waals surface area contributed by atoms with Crippen LogP contribution in [0.15, 0.2) is 36.8 Å². The lowest BCUT2D eigenvalue weighted by atomic mass is 9.80. The summed E-state index contributed by atoms with van der Waals surface area (Å²) in [5.74, 6) is -3.41. The van der Waals surface area contributed by atoms with E-state index in [4.69, 9.17) is 4.74 Å². The molecular formula is C19H22F2N4O2. The number of nitrogens with zero attached hydrogens (tertiary/aromatic N) is 4. The van der Waals surface area contributed by atoms with E-state index in [2.05, 4.69) is 10.1 Å². The van der Waals surface area contributed by atoms with Gasteiger partial charge in [0.15, 0.2) is 0 Å². The van der Waals surface area contributed by atoms with E-state index in [1.54, 1.807) is 23.5 Å². The summed E-state index contributed by atoms with van der Waals surface area (Å²) in [7, 11) is 0. The van der Waals surface area contributed by atoms with E-state index in [0.29, 0.717) is 32.7 Å². The Bertz CT molecular complexity index is 788. The minimum atomic E-state index is -2.68. The maximum Gasteiger partial charge on any atom is 0.249 e. The van der Waals surface area contributed by atoms with Gasteiger partial charge in [-0.05, 0) is 30.2 Å². The summed E-state index contributed by atoms with van der Waals surface area (Å²) in [5.41, 5.74) is 1.98. The van der Waals surface area contributed by atoms with Gasteiger partial charge in [-0.1, -0.05) is 0 Å². The van der Waals surface area contributed by atoms with Crippen molar-refractivity contribution >= 4 is 5.91 Å². The molecule has 1 fully saturated rings. The zero-order valence-corrected chi connectivity index (χ0v) is 14.9. The van der Waals surface area contributed by atoms with Crippen molar-refractivity contribution in [2.24, 2.45) is 5.92 Å². The molecule has 1 atom stereocenters. The highest BCUT2D eigenvalue weighted by Gasteiger charge is 2.50. The second kappa shape index (κ2) is 7.34. The van der Waals surface area contributed by atoms with Crippen LogP contribution in [0.5, 0.6) is 0 Å². The molecule has 0 unspecified atom stereocenters. The minimum Gasteiger partial charge on any atom is -0.377 e. The molecule has 2 aromatic rings. The summed E-state index contributed by atoms with van der Waals surface area (Å²) in [5, 5.41) is 4.37. The van der Waals surface area contributed by atoms with E-state index in [1.165, 1.54) is 0 Å². The Morgan fingerprint density at radius 2 is 2.00 bits per heavy atom. The van der Waals surface area contributed by atoms with Gasteiger partial charge in [-0.15, -0.1) is 0 Å². The quantitative estimate of drug-likeness (QED) is 0.728. The first-order valence-corrected chi connectivity index (χ1v) is 9.17. The first-order valence-electron chi connectivity index (χ1n) is 9.17. The average Bonchev–Trinajstić information content (AvgIpc) is 3.12. The van der Waals surface area contributed by atoms with Crippen LogP contribution in [0.4, 0.5) is 8.78 Å². The largest absolute Gasteiger partial charge is 0.377 e. The Hall–Kier alpha value is -2.35. The van der Waals surface area contributed by atoms with Gasteiger partial charge in [-0.25, -0.2) is 8.78 Å². The van der Waals surface area contributed by atoms with Crippen molar-refractivity contribution < 1.29 is 18.3 Å². The van der Waals surface area contributed by atoms with Gasteiger partial charge in [0.25, 0.3) is 0 Å². The summed E-state index contributed by atoms with van der Waals surface area (Å²) in [6, 6.07) is 5.67. The van der Waals surface area contributed by atoms with Crippen LogP contribution in [0.3, 0.4) is 0 Å². The van der Waals surface area contributed by atoms with Crippen LogP contribution in [0.2, 0.25) is 0 Å². The molecule has 4 rings (SSSR count). The number of amides is 1. The summed E-state index contributed by atoms with van der Waals surface area (Å²) in [4.78, 5) is 18.3. The SMILES string of the molecule is O=C(C1CC(F)(F)C1)N1Cc2ccnn2[C@@H](CCOCc2ccncc2)C1. The number of halogens is 2. The fraction of sp³-hybridized carbons (Fsp3) is 0.526. The van der Waals surface area contributed by atoms with Crippen molar-refractivity contribution in [3.05, 3.63) is 48.0 Å². The molecule has 2 aliphatic rings. The lowest BCUT2D eigenvalue weighted by Crippen LogP contribution is -2.49. The Morgan fingerprint density at radius 1 is 1.22 bits per heavy atom. The number of pyridine rings is 1. The molecule has 0 bridgehead atoms. The van der Waals surface area contributed by atoms with E-state index in [1.807, 2.05) is 22.9 Å². The van der Waals surface area contributed by atoms with Gasteiger partial charge < -0.3 is 9.64 Å². The third-order valence-corrected chi connectivity index (χ3v) is 5.25. The fourth-order valence-electron chi connectivity index (χ4n) is 3.75. The van der Waals surface area contributed by atoms with Gasteiger partial charge in [0.1, 0.15) is 0 Å². The van der Waals surface area contributed by atoms with E-state index in [9.17, 15) is 13.6 Å². The van der Waals surface area contributed by atoms with Crippen LogP contribution in [-0.2, 0) is 22.7 Å². The van der Waals surface area contributed by atoms with E-state index in [0.717, 1.165) is 11.3 Å². The zero-order valence-electron chi connectivity index (χ0n) is 14.9. The Morgan fingerprint density at radius 3 is 2.74 bits per heavy atom. The third kappa shape index (κ3) is 4.00. The van der Waals surface area contributed by atoms with Gasteiger partial charge in [-0.2, -0.15) is 5.10 Å². The van der Waals surface area contributed by atoms with Crippen LogP contribution in [0.1, 0.15) is 36.6 Å². The number of aromatic nitrogens is 3. The molecule has 144 valence electrons. The van der Waals surface area contributed by atoms with Crippen molar-refractivity contribution in [1.82, 2.24) is 19.7 Å². The van der Waals surface area contributed by atoms with Gasteiger partial charge in [0.05, 0.1) is 24.9 Å². The highest BCUT2D eigenvalue weighted by atomic mass is 19.3. The van der Waals surface area contributed by atoms with E-state index in [-0.39, 0.29) is 24.8 Å². The Labute approximate surface area is 156 Å². The molecule has 1 amide bonds. The van der Waals surface area contributed by atoms with Gasteiger partial charge in [-0.3, -0.25) is 14.5 Å². The molecule has 0 aromatic carbocycles. The summed E-state index contributed by atoms with van der Waals surface area (Å²) >= 11 is 0. The van der Waals surface area contributed by atoms with Crippen molar-refractivity contribution in [2.75, 3.05) is 13.2 Å². The van der Waals surface area contributed by atoms with Crippen molar-refractivity contribution in [3.8, 4) is 0 Å². The first-order chi connectivity index (χ1) is 13.0. The number of fused-ring (bicyclic) bond motifs is 1. The van der Waals surface area contributed by atoms with E-state index < -0.39 is 11.8 Å². The maximum absolute atomic E-state index is 13.1. The summed E-state index contributed by atoms with van der Waals surface area (Å²) in [6.07, 6.45) is 5.20. The van der Waals surface area contributed by atoms with Gasteiger partial charge >= 0.3 is 0 Å². The van der Waals surface area contributed by atoms with Crippen LogP contribution in [0.25, 0.3) is 0 Å². The van der Waals surface area contributed by atoms with Crippen LogP contribution < -0.4 is 0 Å². The molecule has 27 heavy (non-hydrogen) atoms. The summed E-state index contributed by atoms with van der Waals surface area (Å²) in [6.45, 7) is 1.93. The molecule has 1 saturated carbocycles. The Balaban J connectivity index is 1.34. The van der Waals surface area contributed by atoms with E-state index >= 15 is 0 Å². The Kier molecular flexibility index (Phi) is 4.90. The third-order valence-electron chi connectivity index (χ3n) is 5.25. The minimum absolute atomic E-state index is 0.00859. The first kappa shape index (κ1) is 18.0. The molecule has 2 aromatic heterocycles. The molecule has 8 heteroatoms. The number of carbonyl (C=O) groups excluding carboxylic acids is 1. The lowest BCUT2D eigenvalue weighted by Gasteiger charge is -2.40. The molecule has 6 nitrogen and oxygen atoms in total. The van der Waals surface area contributed by atoms with Crippen LogP contribution in [-0.4, -0.2) is 44.6 Å². The molecular weight excluding hydrogens is 354 g/mol. The monoisotopic (exact) mass is 376 g/mol. The lowest BCUT2D eigenvalue weighted by molar-refractivity contribution is -0.161. The van der Waals surface area contributed by atoms with Gasteiger partial charge in [0, 0.05) is 50.5 Å². The molecule has 3 heterocycles. The predicted molar refractivity (Wildman–Crippen MR) is 92.9 cm³/mol. The van der Waals surface area contributed by atoms with Gasteiger partial charge in [0.2, 0.25) is 11.8 Å². The van der Waals surface area contributed by atoms with Crippen molar-refractivity contribution in [1.29, 1.82) is 0 Å². The van der Waals surface area contributed by atoms with Crippen molar-refractivity contribution in [3.63, 3.8) is 0 Å². The highest BCUT2D eigenvalue weighted by molar-refractivity contribution is 5.80. The predicted octanol–water partition coefficient (Wildman–Crippen LogP) is 2.81. The number of ether oxygens (including phenoxy) is 1. The topological polar surface area (TPSA) is 60.2 Å². The number of carbonyl (C=O) groups is 1. The number of hydrogen-bond acceptors (Lipinski definition) is 4. The number of rotatable bonds is 6. The number of hydrogen-bond donors (Lipinski definition) is 0. The van der Waals surface area contributed by atoms with Crippen LogP contribution >= 0.6 is 0 Å². The number of alkyl halides is 2. The molecule has 0 radical (unpaired) electrons. The molecule has 0 N–H and O–H groups in total. The van der Waals surface area contributed by atoms with Crippen molar-refractivity contribution in [2.45, 2.75) is 44.4 Å². The second-order valence-corrected chi connectivity index (χ2v) is 7.30. The van der Waals surface area contributed by atoms with Crippen LogP contribution in [0, 0.1) is 5.92 Å². The highest BCUT2D eigenvalue weighted by Crippen LogP contribution is 2.43. The fourth-order valence-corrected chi connectivity index (χ4v) is 3.75. The molecule has 0 saturated heterocycles. The molecule has 1 aliphatic heterocycles.